The van der Waals surface area contributed by atoms with Gasteiger partial charge in [0.05, 0.1) is 17.6 Å². The van der Waals surface area contributed by atoms with E-state index in [1.165, 1.54) is 12.8 Å². The van der Waals surface area contributed by atoms with Crippen LogP contribution in [-0.2, 0) is 6.54 Å². The van der Waals surface area contributed by atoms with E-state index in [1.807, 2.05) is 12.1 Å². The summed E-state index contributed by atoms with van der Waals surface area (Å²) < 4.78 is 2.17. The average molecular weight is 271 g/mol. The predicted molar refractivity (Wildman–Crippen MR) is 79.9 cm³/mol. The second-order valence-corrected chi connectivity index (χ2v) is 6.27. The van der Waals surface area contributed by atoms with E-state index in [1.54, 1.807) is 0 Å². The van der Waals surface area contributed by atoms with Crippen molar-refractivity contribution in [2.45, 2.75) is 26.3 Å². The molecule has 1 aromatic heterocycles. The zero-order valence-corrected chi connectivity index (χ0v) is 11.9. The summed E-state index contributed by atoms with van der Waals surface area (Å²) in [7, 11) is 0. The Hall–Kier alpha value is -1.55. The molecule has 1 aromatic carbocycles. The summed E-state index contributed by atoms with van der Waals surface area (Å²) in [5.74, 6) is 1.90. The molecule has 1 saturated carbocycles. The number of fused-ring (bicyclic) bond motifs is 2. The first-order chi connectivity index (χ1) is 9.77. The summed E-state index contributed by atoms with van der Waals surface area (Å²) in [5, 5.41) is 9.36. The van der Waals surface area contributed by atoms with Gasteiger partial charge < -0.3 is 14.6 Å². The maximum absolute atomic E-state index is 9.36. The van der Waals surface area contributed by atoms with Crippen LogP contribution in [0.1, 0.15) is 19.8 Å². The van der Waals surface area contributed by atoms with Gasteiger partial charge in [-0.25, -0.2) is 4.98 Å². The molecule has 2 unspecified atom stereocenters. The van der Waals surface area contributed by atoms with Crippen LogP contribution < -0.4 is 4.90 Å². The third-order valence-corrected chi connectivity index (χ3v) is 5.25. The lowest BCUT2D eigenvalue weighted by Gasteiger charge is -2.22. The summed E-state index contributed by atoms with van der Waals surface area (Å²) in [5.41, 5.74) is 2.71. The van der Waals surface area contributed by atoms with Crippen molar-refractivity contribution >= 4 is 17.0 Å². The van der Waals surface area contributed by atoms with Crippen molar-refractivity contribution in [3.63, 3.8) is 0 Å². The van der Waals surface area contributed by atoms with Crippen molar-refractivity contribution in [3.8, 4) is 0 Å². The molecule has 2 aromatic rings. The fourth-order valence-electron chi connectivity index (χ4n) is 3.92. The first-order valence-electron chi connectivity index (χ1n) is 7.58. The molecular weight excluding hydrogens is 250 g/mol. The minimum atomic E-state index is 0.156. The molecular formula is C16H21N3O. The SMILES string of the molecule is CCC12CC1CN(c1nc3ccccc3n1CCO)C2. The molecule has 106 valence electrons. The Morgan fingerprint density at radius 1 is 1.40 bits per heavy atom. The first kappa shape index (κ1) is 12.2. The molecule has 0 spiro atoms. The Kier molecular flexibility index (Phi) is 2.58. The first-order valence-corrected chi connectivity index (χ1v) is 7.58. The Morgan fingerprint density at radius 2 is 2.25 bits per heavy atom. The fourth-order valence-corrected chi connectivity index (χ4v) is 3.92. The number of anilines is 1. The van der Waals surface area contributed by atoms with Crippen LogP contribution in [-0.4, -0.2) is 34.4 Å². The van der Waals surface area contributed by atoms with E-state index in [0.717, 1.165) is 36.0 Å². The Labute approximate surface area is 119 Å². The quantitative estimate of drug-likeness (QED) is 0.927. The van der Waals surface area contributed by atoms with Crippen LogP contribution in [0.2, 0.25) is 0 Å². The number of para-hydroxylation sites is 2. The van der Waals surface area contributed by atoms with Crippen LogP contribution in [0, 0.1) is 11.3 Å². The summed E-state index contributed by atoms with van der Waals surface area (Å²) in [6.45, 7) is 5.34. The Bertz CT molecular complexity index is 646. The lowest BCUT2D eigenvalue weighted by Crippen LogP contribution is -2.27. The summed E-state index contributed by atoms with van der Waals surface area (Å²) in [6.07, 6.45) is 2.66. The lowest BCUT2D eigenvalue weighted by molar-refractivity contribution is 0.278. The van der Waals surface area contributed by atoms with Gasteiger partial charge in [-0.1, -0.05) is 19.1 Å². The number of piperidine rings is 1. The van der Waals surface area contributed by atoms with E-state index in [4.69, 9.17) is 4.98 Å². The van der Waals surface area contributed by atoms with Gasteiger partial charge in [0.1, 0.15) is 0 Å². The number of imidazole rings is 1. The highest BCUT2D eigenvalue weighted by atomic mass is 16.3. The summed E-state index contributed by atoms with van der Waals surface area (Å²) in [6, 6.07) is 8.21. The van der Waals surface area contributed by atoms with Gasteiger partial charge in [-0.05, 0) is 36.3 Å². The van der Waals surface area contributed by atoms with Crippen molar-refractivity contribution in [2.24, 2.45) is 11.3 Å². The highest BCUT2D eigenvalue weighted by Gasteiger charge is 2.58. The zero-order chi connectivity index (χ0) is 13.7. The topological polar surface area (TPSA) is 41.3 Å². The van der Waals surface area contributed by atoms with E-state index in [2.05, 4.69) is 28.5 Å². The smallest absolute Gasteiger partial charge is 0.206 e. The standard InChI is InChI=1S/C16H21N3O/c1-2-16-9-12(16)10-18(11-16)15-17-13-5-3-4-6-14(13)19(15)7-8-20/h3-6,12,20H,2,7-11H2,1H3. The third kappa shape index (κ3) is 1.61. The van der Waals surface area contributed by atoms with E-state index in [0.29, 0.717) is 12.0 Å². The second-order valence-electron chi connectivity index (χ2n) is 6.27. The monoisotopic (exact) mass is 271 g/mol. The van der Waals surface area contributed by atoms with Crippen LogP contribution in [0.3, 0.4) is 0 Å². The minimum Gasteiger partial charge on any atom is -0.395 e. The Balaban J connectivity index is 1.74. The van der Waals surface area contributed by atoms with Crippen molar-refractivity contribution in [1.29, 1.82) is 0 Å². The number of nitrogens with zero attached hydrogens (tertiary/aromatic N) is 3. The number of benzene rings is 1. The number of rotatable bonds is 4. The molecule has 1 aliphatic heterocycles. The summed E-state index contributed by atoms with van der Waals surface area (Å²) in [4.78, 5) is 7.24. The van der Waals surface area contributed by atoms with Crippen LogP contribution in [0.4, 0.5) is 5.95 Å². The van der Waals surface area contributed by atoms with Gasteiger partial charge in [0.15, 0.2) is 0 Å². The van der Waals surface area contributed by atoms with Gasteiger partial charge in [-0.3, -0.25) is 0 Å². The molecule has 2 heterocycles. The number of aliphatic hydroxyl groups excluding tert-OH is 1. The molecule has 4 nitrogen and oxygen atoms in total. The van der Waals surface area contributed by atoms with Crippen molar-refractivity contribution < 1.29 is 5.11 Å². The van der Waals surface area contributed by atoms with Gasteiger partial charge >= 0.3 is 0 Å². The van der Waals surface area contributed by atoms with Crippen molar-refractivity contribution in [3.05, 3.63) is 24.3 Å². The molecule has 0 amide bonds. The van der Waals surface area contributed by atoms with Crippen LogP contribution >= 0.6 is 0 Å². The van der Waals surface area contributed by atoms with Gasteiger partial charge in [-0.2, -0.15) is 0 Å². The average Bonchev–Trinajstić information content (AvgIpc) is 2.87. The maximum atomic E-state index is 9.36. The van der Waals surface area contributed by atoms with Gasteiger partial charge in [0.2, 0.25) is 5.95 Å². The highest BCUT2D eigenvalue weighted by molar-refractivity contribution is 5.79. The lowest BCUT2D eigenvalue weighted by atomic mass is 10.0. The largest absolute Gasteiger partial charge is 0.395 e. The molecule has 0 radical (unpaired) electrons. The normalized spacial score (nSPS) is 28.1. The van der Waals surface area contributed by atoms with Crippen molar-refractivity contribution in [1.82, 2.24) is 9.55 Å². The van der Waals surface area contributed by atoms with E-state index >= 15 is 0 Å². The molecule has 2 aliphatic rings. The minimum absolute atomic E-state index is 0.156. The van der Waals surface area contributed by atoms with Gasteiger partial charge in [-0.15, -0.1) is 0 Å². The molecule has 2 fully saturated rings. The van der Waals surface area contributed by atoms with Gasteiger partial charge in [0, 0.05) is 19.6 Å². The second kappa shape index (κ2) is 4.22. The number of aliphatic hydroxyl groups is 1. The molecule has 1 aliphatic carbocycles. The predicted octanol–water partition coefficient (Wildman–Crippen LogP) is 2.26. The van der Waals surface area contributed by atoms with E-state index in [-0.39, 0.29) is 6.61 Å². The van der Waals surface area contributed by atoms with Crippen LogP contribution in [0.5, 0.6) is 0 Å². The van der Waals surface area contributed by atoms with Crippen LogP contribution in [0.25, 0.3) is 11.0 Å². The number of aromatic nitrogens is 2. The van der Waals surface area contributed by atoms with E-state index in [9.17, 15) is 5.11 Å². The summed E-state index contributed by atoms with van der Waals surface area (Å²) >= 11 is 0. The molecule has 2 atom stereocenters. The van der Waals surface area contributed by atoms with E-state index < -0.39 is 0 Å². The highest BCUT2D eigenvalue weighted by Crippen LogP contribution is 2.60. The molecule has 4 heteroatoms. The molecule has 1 saturated heterocycles. The van der Waals surface area contributed by atoms with Crippen molar-refractivity contribution in [2.75, 3.05) is 24.6 Å². The zero-order valence-electron chi connectivity index (χ0n) is 11.9. The molecule has 0 bridgehead atoms. The number of hydrogen-bond acceptors (Lipinski definition) is 3. The molecule has 1 N–H and O–H groups in total. The molecule has 4 rings (SSSR count). The maximum Gasteiger partial charge on any atom is 0.206 e. The fraction of sp³-hybridized carbons (Fsp3) is 0.562. The number of hydrogen-bond donors (Lipinski definition) is 1. The Morgan fingerprint density at radius 3 is 3.00 bits per heavy atom. The third-order valence-electron chi connectivity index (χ3n) is 5.25. The molecule has 20 heavy (non-hydrogen) atoms. The van der Waals surface area contributed by atoms with Crippen LogP contribution in [0.15, 0.2) is 24.3 Å². The van der Waals surface area contributed by atoms with Gasteiger partial charge in [0.25, 0.3) is 0 Å².